The Labute approximate surface area is 97.4 Å². The minimum absolute atomic E-state index is 0.0138. The van der Waals surface area contributed by atoms with Crippen LogP contribution in [0.25, 0.3) is 0 Å². The minimum Gasteiger partial charge on any atom is -0.456 e. The van der Waals surface area contributed by atoms with Crippen molar-refractivity contribution in [3.63, 3.8) is 0 Å². The van der Waals surface area contributed by atoms with Crippen LogP contribution in [0.5, 0.6) is 0 Å². The number of ether oxygens (including phenoxy) is 1. The molecule has 2 nitrogen and oxygen atoms in total. The van der Waals surface area contributed by atoms with E-state index in [0.717, 1.165) is 0 Å². The smallest absolute Gasteiger partial charge is 0.456 e. The Bertz CT molecular complexity index is 332. The van der Waals surface area contributed by atoms with Crippen molar-refractivity contribution in [1.82, 2.24) is 0 Å². The summed E-state index contributed by atoms with van der Waals surface area (Å²) in [5, 5.41) is 0. The van der Waals surface area contributed by atoms with Crippen LogP contribution in [0.15, 0.2) is 12.2 Å². The van der Waals surface area contributed by atoms with E-state index in [1.165, 1.54) is 6.92 Å². The van der Waals surface area contributed by atoms with E-state index in [-0.39, 0.29) is 12.0 Å². The molecule has 0 saturated carbocycles. The fourth-order valence-corrected chi connectivity index (χ4v) is 0.701. The lowest BCUT2D eigenvalue weighted by molar-refractivity contribution is -0.359. The SMILES string of the molecule is C=C(CC)C(=O)OCC(F)(F)C(F)(F)C(F)(F)F. The van der Waals surface area contributed by atoms with Crippen molar-refractivity contribution in [3.05, 3.63) is 12.2 Å². The molecular formula is C9H9F7O2. The van der Waals surface area contributed by atoms with Gasteiger partial charge in [0.15, 0.2) is 6.61 Å². The molecule has 0 atom stereocenters. The summed E-state index contributed by atoms with van der Waals surface area (Å²) in [7, 11) is 0. The number of esters is 1. The van der Waals surface area contributed by atoms with Crippen molar-refractivity contribution in [3.8, 4) is 0 Å². The van der Waals surface area contributed by atoms with Gasteiger partial charge >= 0.3 is 24.0 Å². The quantitative estimate of drug-likeness (QED) is 0.439. The van der Waals surface area contributed by atoms with Crippen LogP contribution in [0.1, 0.15) is 13.3 Å². The third kappa shape index (κ3) is 3.36. The molecule has 0 aliphatic carbocycles. The highest BCUT2D eigenvalue weighted by Crippen LogP contribution is 2.46. The Morgan fingerprint density at radius 2 is 1.56 bits per heavy atom. The second-order valence-electron chi connectivity index (χ2n) is 3.31. The van der Waals surface area contributed by atoms with Gasteiger partial charge in [0.1, 0.15) is 0 Å². The average molecular weight is 282 g/mol. The predicted octanol–water partition coefficient (Wildman–Crippen LogP) is 3.33. The summed E-state index contributed by atoms with van der Waals surface area (Å²) in [6, 6.07) is 0. The molecule has 18 heavy (non-hydrogen) atoms. The molecule has 9 heteroatoms. The van der Waals surface area contributed by atoms with E-state index in [0.29, 0.717) is 0 Å². The van der Waals surface area contributed by atoms with Crippen LogP contribution in [0, 0.1) is 0 Å². The van der Waals surface area contributed by atoms with Gasteiger partial charge < -0.3 is 4.74 Å². The topological polar surface area (TPSA) is 26.3 Å². The van der Waals surface area contributed by atoms with Crippen molar-refractivity contribution < 1.29 is 40.3 Å². The van der Waals surface area contributed by atoms with Crippen LogP contribution in [0.2, 0.25) is 0 Å². The van der Waals surface area contributed by atoms with E-state index in [9.17, 15) is 35.5 Å². The second kappa shape index (κ2) is 5.15. The van der Waals surface area contributed by atoms with E-state index in [4.69, 9.17) is 0 Å². The molecule has 0 N–H and O–H groups in total. The monoisotopic (exact) mass is 282 g/mol. The highest BCUT2D eigenvalue weighted by Gasteiger charge is 2.73. The van der Waals surface area contributed by atoms with Gasteiger partial charge in [-0.05, 0) is 6.42 Å². The first-order valence-electron chi connectivity index (χ1n) is 4.54. The zero-order valence-electron chi connectivity index (χ0n) is 9.08. The van der Waals surface area contributed by atoms with Gasteiger partial charge in [-0.15, -0.1) is 0 Å². The summed E-state index contributed by atoms with van der Waals surface area (Å²) in [6.07, 6.45) is -6.45. The van der Waals surface area contributed by atoms with Crippen molar-refractivity contribution >= 4 is 5.97 Å². The first kappa shape index (κ1) is 16.7. The molecule has 0 rings (SSSR count). The van der Waals surface area contributed by atoms with Gasteiger partial charge in [-0.1, -0.05) is 13.5 Å². The van der Waals surface area contributed by atoms with E-state index in [1.807, 2.05) is 0 Å². The Balaban J connectivity index is 4.78. The number of hydrogen-bond donors (Lipinski definition) is 0. The van der Waals surface area contributed by atoms with Crippen LogP contribution in [-0.4, -0.2) is 30.6 Å². The third-order valence-corrected chi connectivity index (χ3v) is 1.92. The molecule has 0 spiro atoms. The fraction of sp³-hybridized carbons (Fsp3) is 0.667. The van der Waals surface area contributed by atoms with Crippen molar-refractivity contribution in [2.24, 2.45) is 0 Å². The summed E-state index contributed by atoms with van der Waals surface area (Å²) >= 11 is 0. The molecule has 0 heterocycles. The standard InChI is InChI=1S/C9H9F7O2/c1-3-5(2)6(17)18-4-7(10,11)8(12,13)9(14,15)16/h2-4H2,1H3. The fourth-order valence-electron chi connectivity index (χ4n) is 0.701. The van der Waals surface area contributed by atoms with Crippen LogP contribution in [0.4, 0.5) is 30.7 Å². The first-order valence-corrected chi connectivity index (χ1v) is 4.54. The number of hydrogen-bond acceptors (Lipinski definition) is 2. The lowest BCUT2D eigenvalue weighted by atomic mass is 10.1. The third-order valence-electron chi connectivity index (χ3n) is 1.92. The van der Waals surface area contributed by atoms with Gasteiger partial charge in [0.25, 0.3) is 0 Å². The molecule has 0 aromatic heterocycles. The van der Waals surface area contributed by atoms with E-state index >= 15 is 0 Å². The normalized spacial score (nSPS) is 13.3. The maximum absolute atomic E-state index is 12.6. The Kier molecular flexibility index (Phi) is 4.78. The lowest BCUT2D eigenvalue weighted by Crippen LogP contribution is -2.54. The number of halogens is 7. The molecule has 0 aromatic rings. The molecule has 0 aromatic carbocycles. The van der Waals surface area contributed by atoms with Crippen LogP contribution < -0.4 is 0 Å². The van der Waals surface area contributed by atoms with Gasteiger partial charge in [-0.25, -0.2) is 4.79 Å². The highest BCUT2D eigenvalue weighted by atomic mass is 19.4. The maximum Gasteiger partial charge on any atom is 0.460 e. The first-order chi connectivity index (χ1) is 7.87. The average Bonchev–Trinajstić information content (AvgIpc) is 2.22. The molecule has 0 radical (unpaired) electrons. The van der Waals surface area contributed by atoms with Gasteiger partial charge in [0.2, 0.25) is 0 Å². The van der Waals surface area contributed by atoms with E-state index in [2.05, 4.69) is 11.3 Å². The summed E-state index contributed by atoms with van der Waals surface area (Å²) < 4.78 is 88.7. The Hall–Kier alpha value is -1.28. The van der Waals surface area contributed by atoms with Crippen molar-refractivity contribution in [1.29, 1.82) is 0 Å². The van der Waals surface area contributed by atoms with Gasteiger partial charge in [-0.3, -0.25) is 0 Å². The number of alkyl halides is 7. The molecule has 0 amide bonds. The number of carbonyl (C=O) groups is 1. The zero-order valence-corrected chi connectivity index (χ0v) is 9.08. The van der Waals surface area contributed by atoms with E-state index in [1.54, 1.807) is 0 Å². The summed E-state index contributed by atoms with van der Waals surface area (Å²) in [5.41, 5.74) is -0.318. The Morgan fingerprint density at radius 3 is 1.89 bits per heavy atom. The summed E-state index contributed by atoms with van der Waals surface area (Å²) in [6.45, 7) is 2.07. The highest BCUT2D eigenvalue weighted by molar-refractivity contribution is 5.87. The second-order valence-corrected chi connectivity index (χ2v) is 3.31. The molecule has 0 bridgehead atoms. The van der Waals surface area contributed by atoms with Crippen LogP contribution in [-0.2, 0) is 9.53 Å². The maximum atomic E-state index is 12.6. The van der Waals surface area contributed by atoms with Gasteiger partial charge in [-0.2, -0.15) is 30.7 Å². The van der Waals surface area contributed by atoms with Crippen molar-refractivity contribution in [2.45, 2.75) is 31.4 Å². The molecule has 106 valence electrons. The van der Waals surface area contributed by atoms with Crippen LogP contribution in [0.3, 0.4) is 0 Å². The number of rotatable bonds is 5. The number of carbonyl (C=O) groups excluding carboxylic acids is 1. The van der Waals surface area contributed by atoms with Gasteiger partial charge in [0.05, 0.1) is 0 Å². The van der Waals surface area contributed by atoms with Crippen molar-refractivity contribution in [2.75, 3.05) is 6.61 Å². The summed E-state index contributed by atoms with van der Waals surface area (Å²) in [5.74, 6) is -13.3. The predicted molar refractivity (Wildman–Crippen MR) is 46.3 cm³/mol. The zero-order chi connectivity index (χ0) is 14.8. The van der Waals surface area contributed by atoms with E-state index < -0.39 is 30.6 Å². The lowest BCUT2D eigenvalue weighted by Gasteiger charge is -2.27. The molecule has 0 saturated heterocycles. The molecule has 0 fully saturated rings. The Morgan fingerprint density at radius 1 is 1.11 bits per heavy atom. The van der Waals surface area contributed by atoms with Crippen LogP contribution >= 0.6 is 0 Å². The molecule has 0 unspecified atom stereocenters. The van der Waals surface area contributed by atoms with Gasteiger partial charge in [0, 0.05) is 5.57 Å². The minimum atomic E-state index is -6.44. The molecule has 0 aliphatic rings. The molecular weight excluding hydrogens is 273 g/mol. The molecule has 0 aliphatic heterocycles. The largest absolute Gasteiger partial charge is 0.460 e. The summed E-state index contributed by atoms with van der Waals surface area (Å²) in [4.78, 5) is 10.8.